The van der Waals surface area contributed by atoms with Crippen LogP contribution in [0.5, 0.6) is 5.75 Å². The maximum Gasteiger partial charge on any atom is 0.227 e. The summed E-state index contributed by atoms with van der Waals surface area (Å²) in [5.74, 6) is 2.18. The lowest BCUT2D eigenvalue weighted by atomic mass is 10.0. The molecule has 2 aromatic heterocycles. The Kier molecular flexibility index (Phi) is 5.89. The van der Waals surface area contributed by atoms with Crippen LogP contribution in [0.15, 0.2) is 81.9 Å². The number of benzene rings is 2. The Hall–Kier alpha value is -3.87. The monoisotopic (exact) mass is 403 g/mol. The summed E-state index contributed by atoms with van der Waals surface area (Å²) in [6.45, 7) is 0. The lowest BCUT2D eigenvalue weighted by molar-refractivity contribution is -0.121. The second-order valence-electron chi connectivity index (χ2n) is 6.67. The van der Waals surface area contributed by atoms with Crippen molar-refractivity contribution in [2.75, 3.05) is 7.11 Å². The second-order valence-corrected chi connectivity index (χ2v) is 6.67. The number of carbonyl (C=O) groups is 1. The molecule has 2 aromatic carbocycles. The topological polar surface area (TPSA) is 90.4 Å². The lowest BCUT2D eigenvalue weighted by Crippen LogP contribution is -2.29. The van der Waals surface area contributed by atoms with Crippen LogP contribution in [0.3, 0.4) is 0 Å². The van der Waals surface area contributed by atoms with Gasteiger partial charge in [0.25, 0.3) is 0 Å². The summed E-state index contributed by atoms with van der Waals surface area (Å²) in [7, 11) is 1.61. The van der Waals surface area contributed by atoms with E-state index in [-0.39, 0.29) is 18.4 Å². The summed E-state index contributed by atoms with van der Waals surface area (Å²) in [6, 6.07) is 20.3. The van der Waals surface area contributed by atoms with E-state index in [9.17, 15) is 4.79 Å². The summed E-state index contributed by atoms with van der Waals surface area (Å²) in [5, 5.41) is 7.02. The fourth-order valence-corrected chi connectivity index (χ4v) is 3.09. The molecule has 0 radical (unpaired) electrons. The number of ether oxygens (including phenoxy) is 1. The Morgan fingerprint density at radius 2 is 1.87 bits per heavy atom. The molecule has 1 N–H and O–H groups in total. The predicted molar refractivity (Wildman–Crippen MR) is 110 cm³/mol. The minimum absolute atomic E-state index is 0.135. The molecule has 30 heavy (non-hydrogen) atoms. The number of hydrogen-bond acceptors (Lipinski definition) is 6. The number of hydrogen-bond donors (Lipinski definition) is 1. The number of rotatable bonds is 8. The Morgan fingerprint density at radius 3 is 2.57 bits per heavy atom. The van der Waals surface area contributed by atoms with Gasteiger partial charge in [0, 0.05) is 18.4 Å². The van der Waals surface area contributed by atoms with Crippen molar-refractivity contribution >= 4 is 5.91 Å². The molecule has 0 aliphatic carbocycles. The number of furan rings is 1. The molecule has 0 saturated carbocycles. The van der Waals surface area contributed by atoms with Crippen LogP contribution < -0.4 is 10.1 Å². The number of aryl methyl sites for hydroxylation is 1. The maximum absolute atomic E-state index is 12.6. The highest BCUT2D eigenvalue weighted by molar-refractivity contribution is 5.77. The molecule has 152 valence electrons. The number of carbonyl (C=O) groups excluding carboxylic acids is 1. The summed E-state index contributed by atoms with van der Waals surface area (Å²) >= 11 is 0. The van der Waals surface area contributed by atoms with Crippen molar-refractivity contribution in [1.29, 1.82) is 0 Å². The van der Waals surface area contributed by atoms with Gasteiger partial charge in [-0.3, -0.25) is 4.79 Å². The number of nitrogens with zero attached hydrogens (tertiary/aromatic N) is 2. The van der Waals surface area contributed by atoms with Crippen LogP contribution in [0.1, 0.15) is 29.7 Å². The van der Waals surface area contributed by atoms with Gasteiger partial charge >= 0.3 is 0 Å². The Balaban J connectivity index is 1.39. The van der Waals surface area contributed by atoms with Gasteiger partial charge in [0.2, 0.25) is 17.6 Å². The molecule has 4 rings (SSSR count). The zero-order valence-electron chi connectivity index (χ0n) is 16.4. The molecule has 0 spiro atoms. The van der Waals surface area contributed by atoms with Gasteiger partial charge in [-0.05, 0) is 42.0 Å². The van der Waals surface area contributed by atoms with Gasteiger partial charge in [-0.15, -0.1) is 0 Å². The Labute approximate surface area is 173 Å². The summed E-state index contributed by atoms with van der Waals surface area (Å²) < 4.78 is 16.0. The van der Waals surface area contributed by atoms with Crippen LogP contribution in [-0.4, -0.2) is 23.2 Å². The average Bonchev–Trinajstić information content (AvgIpc) is 3.49. The van der Waals surface area contributed by atoms with Crippen molar-refractivity contribution in [3.8, 4) is 17.1 Å². The standard InChI is InChI=1S/C23H21N3O4/c1-28-18-11-9-17(10-12-18)23-25-21(30-26-23)14-13-20(27)24-22(19-8-5-15-29-19)16-6-3-2-4-7-16/h2-12,15,22H,13-14H2,1H3,(H,24,27). The summed E-state index contributed by atoms with van der Waals surface area (Å²) in [4.78, 5) is 17.0. The van der Waals surface area contributed by atoms with Crippen molar-refractivity contribution in [3.63, 3.8) is 0 Å². The van der Waals surface area contributed by atoms with Crippen LogP contribution in [0, 0.1) is 0 Å². The Morgan fingerprint density at radius 1 is 1.07 bits per heavy atom. The molecule has 0 aliphatic rings. The van der Waals surface area contributed by atoms with Crippen LogP contribution in [0.25, 0.3) is 11.4 Å². The van der Waals surface area contributed by atoms with Crippen LogP contribution in [-0.2, 0) is 11.2 Å². The van der Waals surface area contributed by atoms with E-state index < -0.39 is 0 Å². The second kappa shape index (κ2) is 9.09. The fraction of sp³-hybridized carbons (Fsp3) is 0.174. The molecule has 1 amide bonds. The first-order valence-electron chi connectivity index (χ1n) is 9.57. The van der Waals surface area contributed by atoms with Crippen molar-refractivity contribution in [2.45, 2.75) is 18.9 Å². The molecule has 4 aromatic rings. The quantitative estimate of drug-likeness (QED) is 0.475. The zero-order chi connectivity index (χ0) is 20.8. The third-order valence-corrected chi connectivity index (χ3v) is 4.65. The molecular formula is C23H21N3O4. The zero-order valence-corrected chi connectivity index (χ0v) is 16.4. The first kappa shape index (κ1) is 19.4. The molecule has 0 fully saturated rings. The maximum atomic E-state index is 12.6. The van der Waals surface area contributed by atoms with Gasteiger partial charge in [-0.1, -0.05) is 35.5 Å². The van der Waals surface area contributed by atoms with E-state index in [0.717, 1.165) is 16.9 Å². The van der Waals surface area contributed by atoms with Crippen molar-refractivity contribution < 1.29 is 18.5 Å². The van der Waals surface area contributed by atoms with E-state index in [4.69, 9.17) is 13.7 Å². The van der Waals surface area contributed by atoms with Gasteiger partial charge in [0.15, 0.2) is 0 Å². The first-order chi connectivity index (χ1) is 14.7. The highest BCUT2D eigenvalue weighted by atomic mass is 16.5. The van der Waals surface area contributed by atoms with Crippen LogP contribution in [0.4, 0.5) is 0 Å². The van der Waals surface area contributed by atoms with E-state index in [2.05, 4.69) is 15.5 Å². The average molecular weight is 403 g/mol. The SMILES string of the molecule is COc1ccc(-c2noc(CCC(=O)NC(c3ccccc3)c3ccco3)n2)cc1. The summed E-state index contributed by atoms with van der Waals surface area (Å²) in [6.07, 6.45) is 2.15. The van der Waals surface area contributed by atoms with Gasteiger partial charge < -0.3 is 19.0 Å². The molecule has 2 heterocycles. The molecule has 7 nitrogen and oxygen atoms in total. The van der Waals surface area contributed by atoms with Crippen molar-refractivity contribution in [1.82, 2.24) is 15.5 Å². The summed E-state index contributed by atoms with van der Waals surface area (Å²) in [5.41, 5.74) is 1.76. The third-order valence-electron chi connectivity index (χ3n) is 4.65. The predicted octanol–water partition coefficient (Wildman–Crippen LogP) is 4.18. The Bertz CT molecular complexity index is 1070. The van der Waals surface area contributed by atoms with Gasteiger partial charge in [-0.2, -0.15) is 4.98 Å². The van der Waals surface area contributed by atoms with Crippen molar-refractivity contribution in [3.05, 3.63) is 90.2 Å². The van der Waals surface area contributed by atoms with Gasteiger partial charge in [-0.25, -0.2) is 0 Å². The number of amides is 1. The minimum atomic E-state index is -0.355. The van der Waals surface area contributed by atoms with Crippen LogP contribution >= 0.6 is 0 Å². The number of aromatic nitrogens is 2. The van der Waals surface area contributed by atoms with E-state index in [1.165, 1.54) is 0 Å². The molecule has 1 atom stereocenters. The number of methoxy groups -OCH3 is 1. The van der Waals surface area contributed by atoms with Crippen LogP contribution in [0.2, 0.25) is 0 Å². The van der Waals surface area contributed by atoms with Crippen molar-refractivity contribution in [2.24, 2.45) is 0 Å². The fourth-order valence-electron chi connectivity index (χ4n) is 3.09. The van der Waals surface area contributed by atoms with Gasteiger partial charge in [0.05, 0.1) is 13.4 Å². The smallest absolute Gasteiger partial charge is 0.227 e. The minimum Gasteiger partial charge on any atom is -0.497 e. The van der Waals surface area contributed by atoms with Gasteiger partial charge in [0.1, 0.15) is 17.6 Å². The number of nitrogens with one attached hydrogen (secondary N) is 1. The first-order valence-corrected chi connectivity index (χ1v) is 9.57. The normalized spacial score (nSPS) is 11.8. The largest absolute Gasteiger partial charge is 0.497 e. The molecule has 0 saturated heterocycles. The molecule has 1 unspecified atom stereocenters. The van der Waals surface area contributed by atoms with E-state index in [0.29, 0.717) is 23.9 Å². The molecular weight excluding hydrogens is 382 g/mol. The van der Waals surface area contributed by atoms with E-state index in [1.807, 2.05) is 60.7 Å². The molecule has 0 aliphatic heterocycles. The molecule has 0 bridgehead atoms. The highest BCUT2D eigenvalue weighted by Crippen LogP contribution is 2.23. The third kappa shape index (κ3) is 4.57. The highest BCUT2D eigenvalue weighted by Gasteiger charge is 2.20. The van der Waals surface area contributed by atoms with E-state index in [1.54, 1.807) is 19.4 Å². The molecule has 7 heteroatoms. The lowest BCUT2D eigenvalue weighted by Gasteiger charge is -2.17. The van der Waals surface area contributed by atoms with E-state index >= 15 is 0 Å².